The molecule has 2 heteroatoms. The van der Waals surface area contributed by atoms with Crippen LogP contribution >= 0.6 is 11.6 Å². The van der Waals surface area contributed by atoms with Crippen LogP contribution in [0.3, 0.4) is 0 Å². The second kappa shape index (κ2) is 7.11. The van der Waals surface area contributed by atoms with Gasteiger partial charge >= 0.3 is 0 Å². The van der Waals surface area contributed by atoms with Crippen molar-refractivity contribution in [2.75, 3.05) is 0 Å². The summed E-state index contributed by atoms with van der Waals surface area (Å²) >= 11 is 5.93. The fraction of sp³-hybridized carbons (Fsp3) is 0.350. The Morgan fingerprint density at radius 2 is 1.73 bits per heavy atom. The van der Waals surface area contributed by atoms with E-state index in [-0.39, 0.29) is 0 Å². The zero-order valence-corrected chi connectivity index (χ0v) is 13.8. The molecule has 0 unspecified atom stereocenters. The Bertz CT molecular complexity index is 620. The van der Waals surface area contributed by atoms with Gasteiger partial charge in [0.2, 0.25) is 0 Å². The van der Waals surface area contributed by atoms with E-state index in [4.69, 9.17) is 11.6 Å². The Morgan fingerprint density at radius 3 is 2.32 bits per heavy atom. The molecule has 0 bridgehead atoms. The van der Waals surface area contributed by atoms with Crippen LogP contribution in [-0.2, 0) is 0 Å². The first-order valence-corrected chi connectivity index (χ1v) is 8.49. The number of allylic oxidation sites excluding steroid dienone is 2. The van der Waals surface area contributed by atoms with Crippen LogP contribution in [0.25, 0.3) is 11.3 Å². The smallest absolute Gasteiger partial charge is 0.0702 e. The van der Waals surface area contributed by atoms with Crippen LogP contribution in [0.2, 0.25) is 5.02 Å². The van der Waals surface area contributed by atoms with Crippen molar-refractivity contribution in [1.82, 2.24) is 4.98 Å². The molecular weight excluding hydrogens is 290 g/mol. The third-order valence-corrected chi connectivity index (χ3v) is 4.89. The van der Waals surface area contributed by atoms with Gasteiger partial charge in [-0.25, -0.2) is 0 Å². The molecule has 0 atom stereocenters. The van der Waals surface area contributed by atoms with Crippen molar-refractivity contribution >= 4 is 11.6 Å². The molecule has 0 amide bonds. The number of aromatic nitrogens is 1. The first-order chi connectivity index (χ1) is 10.8. The zero-order chi connectivity index (χ0) is 15.4. The minimum absolute atomic E-state index is 0.674. The SMILES string of the molecule is C/C=C/[C@H]1CC[C@H](c2ccc(-c3ccc(Cl)cc3)nc2)CC1. The minimum atomic E-state index is 0.674. The molecule has 1 aliphatic carbocycles. The van der Waals surface area contributed by atoms with Gasteiger partial charge in [0.25, 0.3) is 0 Å². The van der Waals surface area contributed by atoms with E-state index in [0.717, 1.165) is 22.2 Å². The highest BCUT2D eigenvalue weighted by Gasteiger charge is 2.20. The van der Waals surface area contributed by atoms with Crippen molar-refractivity contribution < 1.29 is 0 Å². The molecular formula is C20H22ClN. The average Bonchev–Trinajstić information content (AvgIpc) is 2.57. The number of nitrogens with zero attached hydrogens (tertiary/aromatic N) is 1. The predicted molar refractivity (Wildman–Crippen MR) is 94.2 cm³/mol. The van der Waals surface area contributed by atoms with Gasteiger partial charge in [-0.2, -0.15) is 0 Å². The van der Waals surface area contributed by atoms with Crippen LogP contribution in [0, 0.1) is 5.92 Å². The normalized spacial score (nSPS) is 22.1. The van der Waals surface area contributed by atoms with Crippen LogP contribution < -0.4 is 0 Å². The van der Waals surface area contributed by atoms with Crippen molar-refractivity contribution in [2.45, 2.75) is 38.5 Å². The molecule has 1 fully saturated rings. The lowest BCUT2D eigenvalue weighted by Gasteiger charge is -2.26. The Labute approximate surface area is 138 Å². The maximum absolute atomic E-state index is 5.93. The van der Waals surface area contributed by atoms with Gasteiger partial charge < -0.3 is 0 Å². The predicted octanol–water partition coefficient (Wildman–Crippen LogP) is 6.25. The summed E-state index contributed by atoms with van der Waals surface area (Å²) in [6, 6.07) is 12.2. The van der Waals surface area contributed by atoms with E-state index in [1.807, 2.05) is 24.3 Å². The first-order valence-electron chi connectivity index (χ1n) is 8.11. The third kappa shape index (κ3) is 3.59. The summed E-state index contributed by atoms with van der Waals surface area (Å²) < 4.78 is 0. The van der Waals surface area contributed by atoms with Crippen molar-refractivity contribution in [2.24, 2.45) is 5.92 Å². The first kappa shape index (κ1) is 15.3. The number of hydrogen-bond donors (Lipinski definition) is 0. The second-order valence-corrected chi connectivity index (χ2v) is 6.56. The topological polar surface area (TPSA) is 12.9 Å². The van der Waals surface area contributed by atoms with Gasteiger partial charge in [0.15, 0.2) is 0 Å². The Balaban J connectivity index is 1.68. The molecule has 3 rings (SSSR count). The van der Waals surface area contributed by atoms with Crippen molar-refractivity contribution in [1.29, 1.82) is 0 Å². The highest BCUT2D eigenvalue weighted by Crippen LogP contribution is 2.36. The van der Waals surface area contributed by atoms with E-state index in [1.54, 1.807) is 0 Å². The van der Waals surface area contributed by atoms with E-state index in [1.165, 1.54) is 31.2 Å². The number of pyridine rings is 1. The molecule has 0 N–H and O–H groups in total. The molecule has 1 aromatic carbocycles. The maximum atomic E-state index is 5.93. The largest absolute Gasteiger partial charge is 0.256 e. The van der Waals surface area contributed by atoms with E-state index < -0.39 is 0 Å². The van der Waals surface area contributed by atoms with E-state index >= 15 is 0 Å². The van der Waals surface area contributed by atoms with Crippen LogP contribution in [0.4, 0.5) is 0 Å². The van der Waals surface area contributed by atoms with E-state index in [0.29, 0.717) is 5.92 Å². The summed E-state index contributed by atoms with van der Waals surface area (Å²) in [5.41, 5.74) is 3.52. The van der Waals surface area contributed by atoms with Crippen molar-refractivity contribution in [3.63, 3.8) is 0 Å². The summed E-state index contributed by atoms with van der Waals surface area (Å²) in [6.07, 6.45) is 11.8. The van der Waals surface area contributed by atoms with Gasteiger partial charge in [-0.1, -0.05) is 42.0 Å². The molecule has 0 spiro atoms. The van der Waals surface area contributed by atoms with E-state index in [9.17, 15) is 0 Å². The Kier molecular flexibility index (Phi) is 4.94. The quantitative estimate of drug-likeness (QED) is 0.610. The molecule has 1 heterocycles. The zero-order valence-electron chi connectivity index (χ0n) is 13.0. The Hall–Kier alpha value is -1.60. The summed E-state index contributed by atoms with van der Waals surface area (Å²) in [5.74, 6) is 1.45. The summed E-state index contributed by atoms with van der Waals surface area (Å²) in [5, 5.41) is 0.762. The average molecular weight is 312 g/mol. The fourth-order valence-electron chi connectivity index (χ4n) is 3.36. The van der Waals surface area contributed by atoms with Gasteiger partial charge in [0.1, 0.15) is 0 Å². The summed E-state index contributed by atoms with van der Waals surface area (Å²) in [4.78, 5) is 4.65. The third-order valence-electron chi connectivity index (χ3n) is 4.63. The lowest BCUT2D eigenvalue weighted by molar-refractivity contribution is 0.375. The number of benzene rings is 1. The molecule has 1 aromatic heterocycles. The molecule has 0 aliphatic heterocycles. The highest BCUT2D eigenvalue weighted by molar-refractivity contribution is 6.30. The lowest BCUT2D eigenvalue weighted by atomic mass is 9.79. The summed E-state index contributed by atoms with van der Waals surface area (Å²) in [7, 11) is 0. The number of halogens is 1. The molecule has 2 aromatic rings. The monoisotopic (exact) mass is 311 g/mol. The summed E-state index contributed by atoms with van der Waals surface area (Å²) in [6.45, 7) is 2.12. The molecule has 0 radical (unpaired) electrons. The fourth-order valence-corrected chi connectivity index (χ4v) is 3.48. The van der Waals surface area contributed by atoms with Gasteiger partial charge in [0, 0.05) is 16.8 Å². The molecule has 114 valence electrons. The van der Waals surface area contributed by atoms with Crippen LogP contribution in [0.1, 0.15) is 44.1 Å². The standard InChI is InChI=1S/C20H22ClN/c1-2-3-15-4-6-16(7-5-15)18-10-13-20(22-14-18)17-8-11-19(21)12-9-17/h2-3,8-16H,4-7H2,1H3/b3-2+/t15-,16-. The maximum Gasteiger partial charge on any atom is 0.0702 e. The lowest BCUT2D eigenvalue weighted by Crippen LogP contribution is -2.11. The molecule has 1 saturated carbocycles. The molecule has 0 saturated heterocycles. The Morgan fingerprint density at radius 1 is 1.00 bits per heavy atom. The van der Waals surface area contributed by atoms with Crippen LogP contribution in [0.5, 0.6) is 0 Å². The van der Waals surface area contributed by atoms with Gasteiger partial charge in [-0.15, -0.1) is 0 Å². The number of rotatable bonds is 3. The second-order valence-electron chi connectivity index (χ2n) is 6.12. The molecule has 1 nitrogen and oxygen atoms in total. The molecule has 22 heavy (non-hydrogen) atoms. The van der Waals surface area contributed by atoms with Gasteiger partial charge in [0.05, 0.1) is 5.69 Å². The highest BCUT2D eigenvalue weighted by atomic mass is 35.5. The van der Waals surface area contributed by atoms with E-state index in [2.05, 4.69) is 42.4 Å². The van der Waals surface area contributed by atoms with Crippen molar-refractivity contribution in [3.8, 4) is 11.3 Å². The minimum Gasteiger partial charge on any atom is -0.256 e. The van der Waals surface area contributed by atoms with Crippen molar-refractivity contribution in [3.05, 3.63) is 65.3 Å². The van der Waals surface area contributed by atoms with Gasteiger partial charge in [-0.3, -0.25) is 4.98 Å². The number of hydrogen-bond acceptors (Lipinski definition) is 1. The van der Waals surface area contributed by atoms with Gasteiger partial charge in [-0.05, 0) is 68.2 Å². The van der Waals surface area contributed by atoms with Crippen LogP contribution in [-0.4, -0.2) is 4.98 Å². The molecule has 1 aliphatic rings. The van der Waals surface area contributed by atoms with Crippen LogP contribution in [0.15, 0.2) is 54.7 Å².